The number of halogens is 5. The summed E-state index contributed by atoms with van der Waals surface area (Å²) in [6.07, 6.45) is -4.61. The second kappa shape index (κ2) is 8.19. The summed E-state index contributed by atoms with van der Waals surface area (Å²) in [6, 6.07) is 8.11. The van der Waals surface area contributed by atoms with Crippen molar-refractivity contribution < 1.29 is 17.9 Å². The monoisotopic (exact) mass is 486 g/mol. The molecule has 0 amide bonds. The van der Waals surface area contributed by atoms with Gasteiger partial charge in [-0.25, -0.2) is 4.68 Å². The van der Waals surface area contributed by atoms with Gasteiger partial charge >= 0.3 is 6.18 Å². The molecule has 1 unspecified atom stereocenters. The maximum absolute atomic E-state index is 13.3. The van der Waals surface area contributed by atoms with Crippen LogP contribution in [0.1, 0.15) is 23.6 Å². The molecule has 0 aliphatic heterocycles. The number of hydrogen-bond donors (Lipinski definition) is 1. The minimum absolute atomic E-state index is 0.0306. The Balaban J connectivity index is 2.22. The van der Waals surface area contributed by atoms with Gasteiger partial charge in [-0.2, -0.15) is 23.5 Å². The summed E-state index contributed by atoms with van der Waals surface area (Å²) in [5, 5.41) is 15.5. The third-order valence-corrected chi connectivity index (χ3v) is 5.55. The van der Waals surface area contributed by atoms with Crippen LogP contribution < -0.4 is 10.5 Å². The van der Waals surface area contributed by atoms with Gasteiger partial charge in [0.15, 0.2) is 0 Å². The van der Waals surface area contributed by atoms with Gasteiger partial charge in [0.1, 0.15) is 10.5 Å². The van der Waals surface area contributed by atoms with Gasteiger partial charge in [0.05, 0.1) is 41.1 Å². The number of aromatic nitrogens is 2. The molecule has 1 aromatic heterocycles. The van der Waals surface area contributed by atoms with E-state index in [-0.39, 0.29) is 33.6 Å². The lowest BCUT2D eigenvalue weighted by Crippen LogP contribution is -2.31. The molecule has 0 saturated heterocycles. The quantitative estimate of drug-likeness (QED) is 0.482. The van der Waals surface area contributed by atoms with Crippen LogP contribution in [0.3, 0.4) is 0 Å². The van der Waals surface area contributed by atoms with Gasteiger partial charge < -0.3 is 10.5 Å². The van der Waals surface area contributed by atoms with Crippen LogP contribution in [0.2, 0.25) is 10.0 Å². The van der Waals surface area contributed by atoms with Crippen molar-refractivity contribution in [3.05, 3.63) is 57.1 Å². The number of fused-ring (bicyclic) bond motifs is 1. The van der Waals surface area contributed by atoms with Crippen molar-refractivity contribution >= 4 is 51.3 Å². The third kappa shape index (κ3) is 4.28. The zero-order valence-corrected chi connectivity index (χ0v) is 18.5. The van der Waals surface area contributed by atoms with Gasteiger partial charge in [0, 0.05) is 10.6 Å². The fraction of sp³-hybridized carbons (Fsp3) is 0.250. The molecule has 0 saturated carbocycles. The predicted octanol–water partition coefficient (Wildman–Crippen LogP) is 5.49. The van der Waals surface area contributed by atoms with Crippen molar-refractivity contribution in [3.8, 4) is 11.9 Å². The van der Waals surface area contributed by atoms with Crippen molar-refractivity contribution in [1.29, 1.82) is 5.26 Å². The Kier molecular flexibility index (Phi) is 6.11. The standard InChI is InChI=1S/C20H15Cl2F3N4OS/c1-19(8-26,14-5-10(20(23,24)25)3-4-12(14)17(27)31)9-29-18(30-2)13-6-11(21)7-15(22)16(13)28-29/h3-7H,9H2,1-2H3,(H2,27,31). The van der Waals surface area contributed by atoms with E-state index in [1.165, 1.54) is 30.8 Å². The molecule has 11 heteroatoms. The first-order valence-electron chi connectivity index (χ1n) is 8.73. The van der Waals surface area contributed by atoms with E-state index in [2.05, 4.69) is 11.2 Å². The molecular weight excluding hydrogens is 472 g/mol. The van der Waals surface area contributed by atoms with Gasteiger partial charge in [0.2, 0.25) is 5.88 Å². The molecule has 0 spiro atoms. The first-order chi connectivity index (χ1) is 14.4. The lowest BCUT2D eigenvalue weighted by atomic mass is 9.80. The number of nitrogens with zero attached hydrogens (tertiary/aromatic N) is 3. The molecule has 0 fully saturated rings. The Morgan fingerprint density at radius 2 is 1.97 bits per heavy atom. The Bertz CT molecular complexity index is 1240. The number of ether oxygens (including phenoxy) is 1. The van der Waals surface area contributed by atoms with Crippen molar-refractivity contribution in [2.45, 2.75) is 25.1 Å². The first-order valence-corrected chi connectivity index (χ1v) is 9.90. The molecule has 0 bridgehead atoms. The van der Waals surface area contributed by atoms with E-state index in [1.54, 1.807) is 6.07 Å². The van der Waals surface area contributed by atoms with Crippen LogP contribution in [0, 0.1) is 11.3 Å². The molecule has 5 nitrogen and oxygen atoms in total. The first kappa shape index (κ1) is 23.1. The average molecular weight is 487 g/mol. The minimum atomic E-state index is -4.61. The molecule has 2 N–H and O–H groups in total. The summed E-state index contributed by atoms with van der Waals surface area (Å²) < 4.78 is 46.8. The normalized spacial score (nSPS) is 13.6. The molecule has 0 radical (unpaired) electrons. The van der Waals surface area contributed by atoms with Crippen LogP contribution in [-0.4, -0.2) is 21.9 Å². The van der Waals surface area contributed by atoms with Gasteiger partial charge in [-0.3, -0.25) is 0 Å². The summed E-state index contributed by atoms with van der Waals surface area (Å²) in [5.74, 6) is 0.254. The molecule has 1 heterocycles. The fourth-order valence-corrected chi connectivity index (χ4v) is 4.04. The zero-order valence-electron chi connectivity index (χ0n) is 16.2. The highest BCUT2D eigenvalue weighted by molar-refractivity contribution is 7.80. The van der Waals surface area contributed by atoms with Crippen molar-refractivity contribution in [2.75, 3.05) is 7.11 Å². The van der Waals surface area contributed by atoms with E-state index >= 15 is 0 Å². The van der Waals surface area contributed by atoms with Crippen LogP contribution in [0.15, 0.2) is 30.3 Å². The number of nitriles is 1. The number of methoxy groups -OCH3 is 1. The largest absolute Gasteiger partial charge is 0.481 e. The van der Waals surface area contributed by atoms with Crippen LogP contribution in [0.25, 0.3) is 10.9 Å². The number of hydrogen-bond acceptors (Lipinski definition) is 4. The number of rotatable bonds is 5. The smallest absolute Gasteiger partial charge is 0.416 e. The highest BCUT2D eigenvalue weighted by atomic mass is 35.5. The predicted molar refractivity (Wildman–Crippen MR) is 117 cm³/mol. The Morgan fingerprint density at radius 1 is 1.29 bits per heavy atom. The second-order valence-electron chi connectivity index (χ2n) is 7.02. The second-order valence-corrected chi connectivity index (χ2v) is 8.30. The van der Waals surface area contributed by atoms with Crippen molar-refractivity contribution in [2.24, 2.45) is 5.73 Å². The third-order valence-electron chi connectivity index (χ3n) is 4.83. The molecule has 0 aliphatic rings. The molecule has 162 valence electrons. The summed E-state index contributed by atoms with van der Waals surface area (Å²) in [6.45, 7) is 1.32. The van der Waals surface area contributed by atoms with Gasteiger partial charge in [-0.15, -0.1) is 0 Å². The van der Waals surface area contributed by atoms with E-state index in [0.29, 0.717) is 15.9 Å². The summed E-state index contributed by atoms with van der Waals surface area (Å²) in [7, 11) is 1.40. The number of nitrogens with two attached hydrogens (primary N) is 1. The molecule has 31 heavy (non-hydrogen) atoms. The molecule has 3 aromatic rings. The number of thiocarbonyl (C=S) groups is 1. The highest BCUT2D eigenvalue weighted by Gasteiger charge is 2.37. The van der Waals surface area contributed by atoms with Crippen LogP contribution >= 0.6 is 35.4 Å². The van der Waals surface area contributed by atoms with E-state index in [0.717, 1.165) is 12.1 Å². The maximum atomic E-state index is 13.3. The van der Waals surface area contributed by atoms with Gasteiger partial charge in [-0.1, -0.05) is 41.5 Å². The molecule has 1 atom stereocenters. The minimum Gasteiger partial charge on any atom is -0.481 e. The van der Waals surface area contributed by atoms with E-state index in [1.807, 2.05) is 0 Å². The van der Waals surface area contributed by atoms with E-state index in [9.17, 15) is 18.4 Å². The van der Waals surface area contributed by atoms with Crippen molar-refractivity contribution in [1.82, 2.24) is 9.78 Å². The molecule has 3 rings (SSSR count). The summed E-state index contributed by atoms with van der Waals surface area (Å²) >= 11 is 17.3. The van der Waals surface area contributed by atoms with Crippen LogP contribution in [0.5, 0.6) is 5.88 Å². The Morgan fingerprint density at radius 3 is 2.52 bits per heavy atom. The van der Waals surface area contributed by atoms with Gasteiger partial charge in [0.25, 0.3) is 0 Å². The van der Waals surface area contributed by atoms with E-state index < -0.39 is 17.2 Å². The lowest BCUT2D eigenvalue weighted by Gasteiger charge is -2.26. The Hall–Kier alpha value is -2.54. The average Bonchev–Trinajstić information content (AvgIpc) is 3.03. The number of benzene rings is 2. The summed E-state index contributed by atoms with van der Waals surface area (Å²) in [5.41, 5.74) is 3.90. The molecular formula is C20H15Cl2F3N4OS. The lowest BCUT2D eigenvalue weighted by molar-refractivity contribution is -0.137. The summed E-state index contributed by atoms with van der Waals surface area (Å²) in [4.78, 5) is -0.127. The highest BCUT2D eigenvalue weighted by Crippen LogP contribution is 2.38. The number of alkyl halides is 3. The zero-order chi connectivity index (χ0) is 23.1. The fourth-order valence-electron chi connectivity index (χ4n) is 3.33. The van der Waals surface area contributed by atoms with Crippen LogP contribution in [0.4, 0.5) is 13.2 Å². The maximum Gasteiger partial charge on any atom is 0.416 e. The molecule has 2 aromatic carbocycles. The van der Waals surface area contributed by atoms with Gasteiger partial charge in [-0.05, 0) is 36.8 Å². The Labute approximate surface area is 191 Å². The molecule has 0 aliphatic carbocycles. The van der Waals surface area contributed by atoms with Crippen LogP contribution in [-0.2, 0) is 18.1 Å². The topological polar surface area (TPSA) is 76.9 Å². The SMILES string of the molecule is COc1c2cc(Cl)cc(Cl)c2nn1CC(C)(C#N)c1cc(C(F)(F)F)ccc1C(N)=S. The van der Waals surface area contributed by atoms with Crippen molar-refractivity contribution in [3.63, 3.8) is 0 Å². The van der Waals surface area contributed by atoms with E-state index in [4.69, 9.17) is 45.9 Å².